The molecule has 1 aromatic heterocycles. The first-order chi connectivity index (χ1) is 8.45. The molecule has 18 heavy (non-hydrogen) atoms. The van der Waals surface area contributed by atoms with Gasteiger partial charge in [-0.2, -0.15) is 0 Å². The third kappa shape index (κ3) is 1.87. The van der Waals surface area contributed by atoms with E-state index in [2.05, 4.69) is 4.98 Å². The predicted octanol–water partition coefficient (Wildman–Crippen LogP) is 1.43. The van der Waals surface area contributed by atoms with E-state index in [1.807, 2.05) is 0 Å². The van der Waals surface area contributed by atoms with E-state index in [-0.39, 0.29) is 5.69 Å². The summed E-state index contributed by atoms with van der Waals surface area (Å²) in [6, 6.07) is 2.60. The molecule has 7 heteroatoms. The molecule has 0 saturated carbocycles. The Morgan fingerprint density at radius 3 is 3.00 bits per heavy atom. The topological polar surface area (TPSA) is 96.6 Å². The predicted molar refractivity (Wildman–Crippen MR) is 63.5 cm³/mol. The summed E-state index contributed by atoms with van der Waals surface area (Å²) in [6.07, 6.45) is 2.56. The number of hydrogen-bond acceptors (Lipinski definition) is 5. The van der Waals surface area contributed by atoms with Crippen molar-refractivity contribution >= 4 is 17.5 Å². The molecule has 2 heterocycles. The van der Waals surface area contributed by atoms with Crippen LogP contribution in [0.3, 0.4) is 0 Å². The van der Waals surface area contributed by atoms with Gasteiger partial charge in [0.15, 0.2) is 0 Å². The van der Waals surface area contributed by atoms with Gasteiger partial charge < -0.3 is 10.0 Å². The Labute approximate surface area is 103 Å². The molecule has 0 aliphatic carbocycles. The van der Waals surface area contributed by atoms with Gasteiger partial charge in [-0.25, -0.2) is 9.78 Å². The molecule has 1 aromatic rings. The molecular weight excluding hydrogens is 238 g/mol. The summed E-state index contributed by atoms with van der Waals surface area (Å²) in [6.45, 7) is 2.15. The van der Waals surface area contributed by atoms with Crippen LogP contribution in [0.5, 0.6) is 0 Å². The Kier molecular flexibility index (Phi) is 2.90. The maximum absolute atomic E-state index is 11.3. The van der Waals surface area contributed by atoms with Crippen molar-refractivity contribution in [3.63, 3.8) is 0 Å². The van der Waals surface area contributed by atoms with Gasteiger partial charge in [-0.3, -0.25) is 10.1 Å². The summed E-state index contributed by atoms with van der Waals surface area (Å²) in [5.41, 5.74) is -1.12. The number of aliphatic carboxylic acids is 1. The van der Waals surface area contributed by atoms with Crippen molar-refractivity contribution < 1.29 is 14.8 Å². The van der Waals surface area contributed by atoms with Crippen molar-refractivity contribution in [3.8, 4) is 0 Å². The second-order valence-corrected chi connectivity index (χ2v) is 4.46. The van der Waals surface area contributed by atoms with Crippen molar-refractivity contribution in [3.05, 3.63) is 28.4 Å². The number of rotatable bonds is 3. The number of carboxylic acid groups (broad SMARTS) is 1. The molecule has 96 valence electrons. The Morgan fingerprint density at radius 1 is 1.67 bits per heavy atom. The van der Waals surface area contributed by atoms with Gasteiger partial charge in [-0.15, -0.1) is 0 Å². The second-order valence-electron chi connectivity index (χ2n) is 4.46. The summed E-state index contributed by atoms with van der Waals surface area (Å²) in [5.74, 6) is -0.597. The van der Waals surface area contributed by atoms with Crippen LogP contribution in [-0.4, -0.2) is 33.1 Å². The van der Waals surface area contributed by atoms with Crippen LogP contribution >= 0.6 is 0 Å². The lowest BCUT2D eigenvalue weighted by Crippen LogP contribution is -2.48. The van der Waals surface area contributed by atoms with Gasteiger partial charge in [-0.1, -0.05) is 0 Å². The quantitative estimate of drug-likeness (QED) is 0.644. The number of carboxylic acids is 1. The molecule has 1 aliphatic heterocycles. The molecule has 1 N–H and O–H groups in total. The molecule has 1 fully saturated rings. The van der Waals surface area contributed by atoms with Crippen LogP contribution in [0.15, 0.2) is 18.3 Å². The molecule has 0 spiro atoms. The molecule has 1 atom stereocenters. The van der Waals surface area contributed by atoms with Gasteiger partial charge in [-0.05, 0) is 19.8 Å². The maximum atomic E-state index is 11.3. The third-order valence-corrected chi connectivity index (χ3v) is 3.32. The first kappa shape index (κ1) is 12.3. The molecule has 0 radical (unpaired) electrons. The molecule has 1 unspecified atom stereocenters. The molecule has 0 amide bonds. The van der Waals surface area contributed by atoms with Crippen LogP contribution in [0.2, 0.25) is 0 Å². The lowest BCUT2D eigenvalue weighted by molar-refractivity contribution is -0.384. The molecule has 0 aromatic carbocycles. The number of pyridine rings is 1. The van der Waals surface area contributed by atoms with Crippen molar-refractivity contribution in [2.24, 2.45) is 0 Å². The average Bonchev–Trinajstić information content (AvgIpc) is 2.73. The van der Waals surface area contributed by atoms with E-state index >= 15 is 0 Å². The van der Waals surface area contributed by atoms with Gasteiger partial charge in [0.05, 0.1) is 11.0 Å². The average molecular weight is 251 g/mol. The van der Waals surface area contributed by atoms with Crippen LogP contribution in [0, 0.1) is 10.1 Å². The van der Waals surface area contributed by atoms with Crippen molar-refractivity contribution in [1.82, 2.24) is 4.98 Å². The molecule has 1 saturated heterocycles. The highest BCUT2D eigenvalue weighted by Crippen LogP contribution is 2.34. The Balaban J connectivity index is 2.39. The van der Waals surface area contributed by atoms with Gasteiger partial charge in [0.2, 0.25) is 0 Å². The minimum absolute atomic E-state index is 0.0837. The van der Waals surface area contributed by atoms with E-state index in [0.29, 0.717) is 18.8 Å². The first-order valence-electron chi connectivity index (χ1n) is 5.56. The zero-order valence-corrected chi connectivity index (χ0v) is 9.87. The molecule has 0 bridgehead atoms. The Hall–Kier alpha value is -2.18. The van der Waals surface area contributed by atoms with Gasteiger partial charge in [0.25, 0.3) is 5.69 Å². The number of hydrogen-bond donors (Lipinski definition) is 1. The Morgan fingerprint density at radius 2 is 2.39 bits per heavy atom. The summed E-state index contributed by atoms with van der Waals surface area (Å²) >= 11 is 0. The van der Waals surface area contributed by atoms with Crippen molar-refractivity contribution in [1.29, 1.82) is 0 Å². The maximum Gasteiger partial charge on any atom is 0.329 e. The van der Waals surface area contributed by atoms with E-state index in [0.717, 1.165) is 6.42 Å². The Bertz CT molecular complexity index is 505. The molecule has 1 aliphatic rings. The minimum Gasteiger partial charge on any atom is -0.480 e. The van der Waals surface area contributed by atoms with Gasteiger partial charge in [0.1, 0.15) is 11.4 Å². The normalized spacial score (nSPS) is 23.1. The monoisotopic (exact) mass is 251 g/mol. The highest BCUT2D eigenvalue weighted by Gasteiger charge is 2.44. The SMILES string of the molecule is CC1(C(=O)O)CCCN1c1cc([N+](=O)[O-])ccn1. The number of nitrogens with zero attached hydrogens (tertiary/aromatic N) is 3. The van der Waals surface area contributed by atoms with Crippen LogP contribution in [0.4, 0.5) is 11.5 Å². The summed E-state index contributed by atoms with van der Waals surface area (Å²) in [7, 11) is 0. The first-order valence-corrected chi connectivity index (χ1v) is 5.56. The van der Waals surface area contributed by atoms with Gasteiger partial charge in [0, 0.05) is 18.8 Å². The number of aromatic nitrogens is 1. The van der Waals surface area contributed by atoms with Crippen LogP contribution in [0.25, 0.3) is 0 Å². The number of anilines is 1. The fraction of sp³-hybridized carbons (Fsp3) is 0.455. The van der Waals surface area contributed by atoms with Gasteiger partial charge >= 0.3 is 5.97 Å². The molecule has 7 nitrogen and oxygen atoms in total. The van der Waals surface area contributed by atoms with Crippen LogP contribution < -0.4 is 4.90 Å². The van der Waals surface area contributed by atoms with Crippen molar-refractivity contribution in [2.45, 2.75) is 25.3 Å². The summed E-state index contributed by atoms with van der Waals surface area (Å²) in [5, 5.41) is 20.0. The molecular formula is C11H13N3O4. The summed E-state index contributed by atoms with van der Waals surface area (Å²) < 4.78 is 0. The highest BCUT2D eigenvalue weighted by atomic mass is 16.6. The van der Waals surface area contributed by atoms with Crippen LogP contribution in [-0.2, 0) is 4.79 Å². The zero-order chi connectivity index (χ0) is 13.3. The van der Waals surface area contributed by atoms with E-state index < -0.39 is 16.4 Å². The lowest BCUT2D eigenvalue weighted by atomic mass is 9.99. The minimum atomic E-state index is -1.04. The fourth-order valence-electron chi connectivity index (χ4n) is 2.22. The molecule has 2 rings (SSSR count). The van der Waals surface area contributed by atoms with E-state index in [4.69, 9.17) is 0 Å². The number of carbonyl (C=O) groups is 1. The van der Waals surface area contributed by atoms with E-state index in [9.17, 15) is 20.0 Å². The zero-order valence-electron chi connectivity index (χ0n) is 9.87. The van der Waals surface area contributed by atoms with Crippen LogP contribution in [0.1, 0.15) is 19.8 Å². The third-order valence-electron chi connectivity index (χ3n) is 3.32. The summed E-state index contributed by atoms with van der Waals surface area (Å²) in [4.78, 5) is 27.2. The number of nitro groups is 1. The fourth-order valence-corrected chi connectivity index (χ4v) is 2.22. The lowest BCUT2D eigenvalue weighted by Gasteiger charge is -2.31. The smallest absolute Gasteiger partial charge is 0.329 e. The van der Waals surface area contributed by atoms with Crippen molar-refractivity contribution in [2.75, 3.05) is 11.4 Å². The van der Waals surface area contributed by atoms with E-state index in [1.54, 1.807) is 11.8 Å². The largest absolute Gasteiger partial charge is 0.480 e. The highest BCUT2D eigenvalue weighted by molar-refractivity contribution is 5.83. The second kappa shape index (κ2) is 4.25. The van der Waals surface area contributed by atoms with E-state index in [1.165, 1.54) is 18.3 Å². The standard InChI is InChI=1S/C11H13N3O4/c1-11(10(15)16)4-2-6-13(11)9-7-8(14(17)18)3-5-12-9/h3,5,7H,2,4,6H2,1H3,(H,15,16).